The van der Waals surface area contributed by atoms with Gasteiger partial charge in [-0.1, -0.05) is 0 Å². The lowest BCUT2D eigenvalue weighted by molar-refractivity contribution is -0.137. The quantitative estimate of drug-likeness (QED) is 0.831. The molecule has 0 bridgehead atoms. The van der Waals surface area contributed by atoms with Gasteiger partial charge in [0, 0.05) is 18.8 Å². The zero-order valence-electron chi connectivity index (χ0n) is 10.8. The van der Waals surface area contributed by atoms with Crippen molar-refractivity contribution in [3.05, 3.63) is 12.4 Å². The van der Waals surface area contributed by atoms with Crippen LogP contribution in [-0.2, 0) is 4.79 Å². The Morgan fingerprint density at radius 2 is 2.22 bits per heavy atom. The molecule has 7 heteroatoms. The van der Waals surface area contributed by atoms with Crippen LogP contribution in [0.25, 0.3) is 0 Å². The van der Waals surface area contributed by atoms with Gasteiger partial charge in [0.15, 0.2) is 0 Å². The first-order valence-electron chi connectivity index (χ1n) is 5.76. The fourth-order valence-corrected chi connectivity index (χ4v) is 1.38. The van der Waals surface area contributed by atoms with Crippen molar-refractivity contribution < 1.29 is 14.7 Å². The molecule has 18 heavy (non-hydrogen) atoms. The number of likely N-dealkylation sites (N-methyl/N-ethyl adjacent to an activating group) is 1. The van der Waals surface area contributed by atoms with Gasteiger partial charge in [-0.2, -0.15) is 5.10 Å². The van der Waals surface area contributed by atoms with Crippen molar-refractivity contribution in [1.29, 1.82) is 0 Å². The van der Waals surface area contributed by atoms with Gasteiger partial charge >= 0.3 is 12.0 Å². The maximum Gasteiger partial charge on any atom is 0.323 e. The van der Waals surface area contributed by atoms with Crippen LogP contribution >= 0.6 is 0 Å². The Balaban J connectivity index is 2.64. The molecule has 0 aliphatic rings. The van der Waals surface area contributed by atoms with Crippen molar-refractivity contribution >= 4 is 17.7 Å². The summed E-state index contributed by atoms with van der Waals surface area (Å²) < 4.78 is 1.71. The van der Waals surface area contributed by atoms with Crippen LogP contribution in [0.3, 0.4) is 0 Å². The molecule has 0 aliphatic carbocycles. The summed E-state index contributed by atoms with van der Waals surface area (Å²) >= 11 is 0. The summed E-state index contributed by atoms with van der Waals surface area (Å²) in [6.45, 7) is 5.68. The summed E-state index contributed by atoms with van der Waals surface area (Å²) in [6.07, 6.45) is 3.24. The molecule has 0 saturated carbocycles. The van der Waals surface area contributed by atoms with Gasteiger partial charge in [0.1, 0.15) is 6.54 Å². The minimum atomic E-state index is -1.04. The van der Waals surface area contributed by atoms with E-state index in [1.165, 1.54) is 11.1 Å². The Bertz CT molecular complexity index is 428. The molecule has 1 aromatic rings. The number of nitrogens with one attached hydrogen (secondary N) is 1. The Morgan fingerprint density at radius 3 is 2.67 bits per heavy atom. The minimum Gasteiger partial charge on any atom is -0.480 e. The predicted molar refractivity (Wildman–Crippen MR) is 66.5 cm³/mol. The number of carboxylic acid groups (broad SMARTS) is 1. The Hall–Kier alpha value is -2.05. The Labute approximate surface area is 105 Å². The molecule has 0 radical (unpaired) electrons. The summed E-state index contributed by atoms with van der Waals surface area (Å²) in [5.74, 6) is -1.04. The smallest absolute Gasteiger partial charge is 0.323 e. The third-order valence-electron chi connectivity index (χ3n) is 2.38. The zero-order chi connectivity index (χ0) is 13.7. The molecule has 1 heterocycles. The van der Waals surface area contributed by atoms with Crippen LogP contribution < -0.4 is 5.32 Å². The normalized spacial score (nSPS) is 10.4. The van der Waals surface area contributed by atoms with Gasteiger partial charge in [-0.3, -0.25) is 9.48 Å². The maximum absolute atomic E-state index is 11.8. The van der Waals surface area contributed by atoms with E-state index < -0.39 is 12.0 Å². The number of hydrogen-bond donors (Lipinski definition) is 2. The molecule has 0 saturated heterocycles. The lowest BCUT2D eigenvalue weighted by Crippen LogP contribution is -2.38. The number of aliphatic carboxylic acids is 1. The third-order valence-corrected chi connectivity index (χ3v) is 2.38. The topological polar surface area (TPSA) is 87.5 Å². The minimum absolute atomic E-state index is 0.206. The first-order chi connectivity index (χ1) is 8.43. The molecular weight excluding hydrogens is 236 g/mol. The number of urea groups is 1. The largest absolute Gasteiger partial charge is 0.480 e. The lowest BCUT2D eigenvalue weighted by atomic mass is 10.4. The lowest BCUT2D eigenvalue weighted by Gasteiger charge is -2.18. The molecule has 0 aromatic carbocycles. The van der Waals surface area contributed by atoms with Crippen molar-refractivity contribution in [2.24, 2.45) is 0 Å². The average molecular weight is 254 g/mol. The van der Waals surface area contributed by atoms with E-state index in [0.717, 1.165) is 0 Å². The van der Waals surface area contributed by atoms with Gasteiger partial charge < -0.3 is 15.3 Å². The molecule has 0 spiro atoms. The van der Waals surface area contributed by atoms with Gasteiger partial charge in [-0.15, -0.1) is 0 Å². The number of carboxylic acids is 1. The highest BCUT2D eigenvalue weighted by molar-refractivity contribution is 5.91. The van der Waals surface area contributed by atoms with Crippen LogP contribution in [0.4, 0.5) is 10.5 Å². The van der Waals surface area contributed by atoms with E-state index in [1.54, 1.807) is 17.8 Å². The Morgan fingerprint density at radius 1 is 1.56 bits per heavy atom. The molecule has 0 aliphatic heterocycles. The molecular formula is C11H18N4O3. The second-order valence-electron chi connectivity index (χ2n) is 4.14. The van der Waals surface area contributed by atoms with Crippen molar-refractivity contribution in [3.63, 3.8) is 0 Å². The second-order valence-corrected chi connectivity index (χ2v) is 4.14. The predicted octanol–water partition coefficient (Wildman–Crippen LogP) is 1.40. The molecule has 1 rings (SSSR count). The monoisotopic (exact) mass is 254 g/mol. The van der Waals surface area contributed by atoms with Gasteiger partial charge in [-0.05, 0) is 20.8 Å². The van der Waals surface area contributed by atoms with Crippen LogP contribution in [0.2, 0.25) is 0 Å². The van der Waals surface area contributed by atoms with Gasteiger partial charge in [0.25, 0.3) is 0 Å². The molecule has 100 valence electrons. The van der Waals surface area contributed by atoms with Crippen LogP contribution in [0.5, 0.6) is 0 Å². The average Bonchev–Trinajstić information content (AvgIpc) is 2.74. The van der Waals surface area contributed by atoms with Crippen molar-refractivity contribution in [1.82, 2.24) is 14.7 Å². The fourth-order valence-electron chi connectivity index (χ4n) is 1.38. The van der Waals surface area contributed by atoms with Gasteiger partial charge in [0.05, 0.1) is 11.9 Å². The Kier molecular flexibility index (Phi) is 4.70. The van der Waals surface area contributed by atoms with Gasteiger partial charge in [-0.25, -0.2) is 4.79 Å². The molecule has 2 N–H and O–H groups in total. The number of hydrogen-bond acceptors (Lipinski definition) is 3. The zero-order valence-corrected chi connectivity index (χ0v) is 10.8. The van der Waals surface area contributed by atoms with Crippen LogP contribution in [0, 0.1) is 0 Å². The first kappa shape index (κ1) is 14.0. The number of rotatable bonds is 5. The molecule has 0 atom stereocenters. The van der Waals surface area contributed by atoms with Crippen LogP contribution in [0.15, 0.2) is 12.4 Å². The number of anilines is 1. The van der Waals surface area contributed by atoms with Crippen molar-refractivity contribution in [2.75, 3.05) is 18.4 Å². The number of aromatic nitrogens is 2. The summed E-state index contributed by atoms with van der Waals surface area (Å²) in [7, 11) is 0. The van der Waals surface area contributed by atoms with Crippen LogP contribution in [0.1, 0.15) is 26.8 Å². The number of carbonyl (C=O) groups is 2. The number of amides is 2. The SMILES string of the molecule is CCN(CC(=O)O)C(=O)Nc1cnn(C(C)C)c1. The van der Waals surface area contributed by atoms with Gasteiger partial charge in [0.2, 0.25) is 0 Å². The first-order valence-corrected chi connectivity index (χ1v) is 5.76. The summed E-state index contributed by atoms with van der Waals surface area (Å²) in [6, 6.07) is -0.236. The molecule has 2 amide bonds. The number of carbonyl (C=O) groups excluding carboxylic acids is 1. The standard InChI is InChI=1S/C11H18N4O3/c1-4-14(7-10(16)17)11(18)13-9-5-12-15(6-9)8(2)3/h5-6,8H,4,7H2,1-3H3,(H,13,18)(H,16,17). The fraction of sp³-hybridized carbons (Fsp3) is 0.545. The highest BCUT2D eigenvalue weighted by atomic mass is 16.4. The highest BCUT2D eigenvalue weighted by Gasteiger charge is 2.15. The van der Waals surface area contributed by atoms with Crippen molar-refractivity contribution in [3.8, 4) is 0 Å². The van der Waals surface area contributed by atoms with E-state index in [1.807, 2.05) is 13.8 Å². The maximum atomic E-state index is 11.8. The summed E-state index contributed by atoms with van der Waals surface area (Å²) in [4.78, 5) is 23.6. The molecule has 0 unspecified atom stereocenters. The summed E-state index contributed by atoms with van der Waals surface area (Å²) in [5.41, 5.74) is 0.553. The van der Waals surface area contributed by atoms with E-state index in [4.69, 9.17) is 5.11 Å². The third kappa shape index (κ3) is 3.76. The van der Waals surface area contributed by atoms with E-state index in [2.05, 4.69) is 10.4 Å². The summed E-state index contributed by atoms with van der Waals surface area (Å²) in [5, 5.41) is 15.4. The second kappa shape index (κ2) is 6.04. The van der Waals surface area contributed by atoms with E-state index in [0.29, 0.717) is 12.2 Å². The van der Waals surface area contributed by atoms with E-state index >= 15 is 0 Å². The van der Waals surface area contributed by atoms with E-state index in [-0.39, 0.29) is 12.6 Å². The van der Waals surface area contributed by atoms with Crippen LogP contribution in [-0.4, -0.2) is 44.9 Å². The van der Waals surface area contributed by atoms with E-state index in [9.17, 15) is 9.59 Å². The molecule has 0 fully saturated rings. The highest BCUT2D eigenvalue weighted by Crippen LogP contribution is 2.10. The molecule has 1 aromatic heterocycles. The molecule has 7 nitrogen and oxygen atoms in total. The van der Waals surface area contributed by atoms with Crippen molar-refractivity contribution in [2.45, 2.75) is 26.8 Å². The number of nitrogens with zero attached hydrogens (tertiary/aromatic N) is 3.